The van der Waals surface area contributed by atoms with Crippen LogP contribution in [-0.2, 0) is 6.54 Å². The summed E-state index contributed by atoms with van der Waals surface area (Å²) >= 11 is 0. The van der Waals surface area contributed by atoms with Crippen molar-refractivity contribution in [2.45, 2.75) is 6.54 Å². The Morgan fingerprint density at radius 2 is 1.77 bits per heavy atom. The lowest BCUT2D eigenvalue weighted by atomic mass is 9.94. The summed E-state index contributed by atoms with van der Waals surface area (Å²) in [6.45, 7) is 0.469. The van der Waals surface area contributed by atoms with Gasteiger partial charge in [-0.05, 0) is 28.5 Å². The lowest BCUT2D eigenvalue weighted by molar-refractivity contribution is 0.103. The number of nitrogens with one attached hydrogen (secondary N) is 1. The highest BCUT2D eigenvalue weighted by molar-refractivity contribution is 6.14. The fourth-order valence-corrected chi connectivity index (χ4v) is 3.84. The topological polar surface area (TPSA) is 50.7 Å². The number of H-pyrrole nitrogens is 1. The van der Waals surface area contributed by atoms with Crippen LogP contribution in [0.5, 0.6) is 0 Å². The molecule has 5 rings (SSSR count). The van der Waals surface area contributed by atoms with Gasteiger partial charge in [-0.25, -0.2) is 13.8 Å². The lowest BCUT2D eigenvalue weighted by Gasteiger charge is -2.08. The van der Waals surface area contributed by atoms with Crippen molar-refractivity contribution in [3.8, 4) is 11.1 Å². The standard InChI is InChI=1S/C25H17F2N3O/c26-17-8-9-21(24(27)10-17)25(31)23-14-30(12-18-11-28-15-29-18)13-22(23)20-7-3-5-16-4-1-2-6-19(16)20/h1-11,13-15H,12H2,(H,28,29). The van der Waals surface area contributed by atoms with Crippen molar-refractivity contribution in [1.82, 2.24) is 14.5 Å². The van der Waals surface area contributed by atoms with Crippen molar-refractivity contribution in [2.24, 2.45) is 0 Å². The average Bonchev–Trinajstić information content (AvgIpc) is 3.43. The molecule has 0 radical (unpaired) electrons. The van der Waals surface area contributed by atoms with Gasteiger partial charge in [-0.15, -0.1) is 0 Å². The molecule has 0 spiro atoms. The number of carbonyl (C=O) groups excluding carboxylic acids is 1. The highest BCUT2D eigenvalue weighted by Gasteiger charge is 2.22. The monoisotopic (exact) mass is 413 g/mol. The number of fused-ring (bicyclic) bond motifs is 1. The first-order valence-electron chi connectivity index (χ1n) is 9.75. The zero-order chi connectivity index (χ0) is 21.4. The van der Waals surface area contributed by atoms with E-state index in [0.717, 1.165) is 34.2 Å². The van der Waals surface area contributed by atoms with E-state index < -0.39 is 17.4 Å². The van der Waals surface area contributed by atoms with E-state index in [4.69, 9.17) is 0 Å². The summed E-state index contributed by atoms with van der Waals surface area (Å²) in [4.78, 5) is 20.4. The average molecular weight is 413 g/mol. The number of carbonyl (C=O) groups is 1. The quantitative estimate of drug-likeness (QED) is 0.382. The van der Waals surface area contributed by atoms with Gasteiger partial charge in [0.2, 0.25) is 0 Å². The Hall–Kier alpha value is -4.06. The predicted octanol–water partition coefficient (Wildman–Crippen LogP) is 5.59. The van der Waals surface area contributed by atoms with Crippen LogP contribution < -0.4 is 0 Å². The maximum Gasteiger partial charge on any atom is 0.198 e. The van der Waals surface area contributed by atoms with Gasteiger partial charge in [0.05, 0.1) is 24.1 Å². The van der Waals surface area contributed by atoms with Crippen molar-refractivity contribution in [3.63, 3.8) is 0 Å². The van der Waals surface area contributed by atoms with E-state index in [1.54, 1.807) is 18.7 Å². The van der Waals surface area contributed by atoms with Gasteiger partial charge in [0, 0.05) is 35.8 Å². The van der Waals surface area contributed by atoms with Crippen molar-refractivity contribution in [2.75, 3.05) is 0 Å². The molecule has 0 saturated carbocycles. The molecule has 2 aromatic heterocycles. The summed E-state index contributed by atoms with van der Waals surface area (Å²) in [7, 11) is 0. The van der Waals surface area contributed by atoms with Crippen LogP contribution in [0.15, 0.2) is 85.6 Å². The molecule has 4 nitrogen and oxygen atoms in total. The molecule has 5 aromatic rings. The number of ketones is 1. The Balaban J connectivity index is 1.69. The summed E-state index contributed by atoms with van der Waals surface area (Å²) in [5, 5.41) is 2.02. The molecule has 0 aliphatic heterocycles. The molecule has 0 unspecified atom stereocenters. The minimum Gasteiger partial charge on any atom is -0.347 e. The van der Waals surface area contributed by atoms with Gasteiger partial charge >= 0.3 is 0 Å². The van der Waals surface area contributed by atoms with E-state index in [1.165, 1.54) is 6.07 Å². The molecule has 152 valence electrons. The molecule has 0 saturated heterocycles. The largest absolute Gasteiger partial charge is 0.347 e. The normalized spacial score (nSPS) is 11.2. The maximum absolute atomic E-state index is 14.4. The van der Waals surface area contributed by atoms with Gasteiger partial charge < -0.3 is 9.55 Å². The zero-order valence-electron chi connectivity index (χ0n) is 16.3. The number of halogens is 2. The van der Waals surface area contributed by atoms with Gasteiger partial charge in [0.25, 0.3) is 0 Å². The molecule has 0 fully saturated rings. The highest BCUT2D eigenvalue weighted by Crippen LogP contribution is 2.33. The second-order valence-corrected chi connectivity index (χ2v) is 7.31. The van der Waals surface area contributed by atoms with Crippen LogP contribution in [0.25, 0.3) is 21.9 Å². The summed E-state index contributed by atoms with van der Waals surface area (Å²) in [6, 6.07) is 16.8. The molecule has 31 heavy (non-hydrogen) atoms. The van der Waals surface area contributed by atoms with Crippen LogP contribution >= 0.6 is 0 Å². The highest BCUT2D eigenvalue weighted by atomic mass is 19.1. The van der Waals surface area contributed by atoms with Crippen LogP contribution in [0.3, 0.4) is 0 Å². The summed E-state index contributed by atoms with van der Waals surface area (Å²) in [6.07, 6.45) is 6.86. The van der Waals surface area contributed by atoms with Gasteiger partial charge in [0.15, 0.2) is 5.78 Å². The Bertz CT molecular complexity index is 1400. The van der Waals surface area contributed by atoms with Crippen LogP contribution in [0, 0.1) is 11.6 Å². The zero-order valence-corrected chi connectivity index (χ0v) is 16.3. The van der Waals surface area contributed by atoms with Gasteiger partial charge in [-0.2, -0.15) is 0 Å². The molecule has 0 aliphatic carbocycles. The first-order valence-corrected chi connectivity index (χ1v) is 9.75. The number of imidazole rings is 1. The summed E-state index contributed by atoms with van der Waals surface area (Å²) in [5.74, 6) is -2.10. The van der Waals surface area contributed by atoms with Crippen molar-refractivity contribution in [3.05, 3.63) is 114 Å². The Morgan fingerprint density at radius 3 is 2.58 bits per heavy atom. The second-order valence-electron chi connectivity index (χ2n) is 7.31. The molecular formula is C25H17F2N3O. The number of hydrogen-bond donors (Lipinski definition) is 1. The fourth-order valence-electron chi connectivity index (χ4n) is 3.84. The van der Waals surface area contributed by atoms with Crippen LogP contribution in [-0.4, -0.2) is 20.3 Å². The van der Waals surface area contributed by atoms with Crippen LogP contribution in [0.1, 0.15) is 21.6 Å². The van der Waals surface area contributed by atoms with E-state index in [9.17, 15) is 13.6 Å². The van der Waals surface area contributed by atoms with Crippen molar-refractivity contribution >= 4 is 16.6 Å². The molecule has 2 heterocycles. The van der Waals surface area contributed by atoms with E-state index in [2.05, 4.69) is 9.97 Å². The smallest absolute Gasteiger partial charge is 0.198 e. The molecular weight excluding hydrogens is 396 g/mol. The minimum absolute atomic E-state index is 0.165. The van der Waals surface area contributed by atoms with Crippen LogP contribution in [0.4, 0.5) is 8.78 Å². The Morgan fingerprint density at radius 1 is 0.935 bits per heavy atom. The predicted molar refractivity (Wildman–Crippen MR) is 115 cm³/mol. The van der Waals surface area contributed by atoms with E-state index in [0.29, 0.717) is 17.7 Å². The van der Waals surface area contributed by atoms with Gasteiger partial charge in [0.1, 0.15) is 11.6 Å². The van der Waals surface area contributed by atoms with E-state index in [-0.39, 0.29) is 5.56 Å². The second kappa shape index (κ2) is 7.65. The van der Waals surface area contributed by atoms with Crippen LogP contribution in [0.2, 0.25) is 0 Å². The van der Waals surface area contributed by atoms with Gasteiger partial charge in [-0.1, -0.05) is 42.5 Å². The molecule has 1 N–H and O–H groups in total. The molecule has 0 bridgehead atoms. The third-order valence-corrected chi connectivity index (χ3v) is 5.29. The molecule has 0 amide bonds. The number of hydrogen-bond acceptors (Lipinski definition) is 2. The first-order chi connectivity index (χ1) is 15.1. The van der Waals surface area contributed by atoms with E-state index in [1.807, 2.05) is 53.2 Å². The summed E-state index contributed by atoms with van der Waals surface area (Å²) in [5.41, 5.74) is 2.60. The van der Waals surface area contributed by atoms with E-state index >= 15 is 0 Å². The van der Waals surface area contributed by atoms with Gasteiger partial charge in [-0.3, -0.25) is 4.79 Å². The SMILES string of the molecule is O=C(c1ccc(F)cc1F)c1cn(Cc2cnc[nH]2)cc1-c1cccc2ccccc12. The molecule has 6 heteroatoms. The number of aromatic nitrogens is 3. The maximum atomic E-state index is 14.4. The Kier molecular flexibility index (Phi) is 4.67. The Labute approximate surface area is 176 Å². The van der Waals surface area contributed by atoms with Crippen molar-refractivity contribution in [1.29, 1.82) is 0 Å². The molecule has 0 atom stereocenters. The summed E-state index contributed by atoms with van der Waals surface area (Å²) < 4.78 is 29.6. The number of rotatable bonds is 5. The third-order valence-electron chi connectivity index (χ3n) is 5.29. The number of nitrogens with zero attached hydrogens (tertiary/aromatic N) is 2. The fraction of sp³-hybridized carbons (Fsp3) is 0.0400. The first kappa shape index (κ1) is 18.9. The molecule has 3 aromatic carbocycles. The molecule has 0 aliphatic rings. The number of benzene rings is 3. The van der Waals surface area contributed by atoms with Crippen molar-refractivity contribution < 1.29 is 13.6 Å². The minimum atomic E-state index is -0.879. The lowest BCUT2D eigenvalue weighted by Crippen LogP contribution is -2.05. The third kappa shape index (κ3) is 3.53. The number of aromatic amines is 1.